The van der Waals surface area contributed by atoms with Crippen molar-refractivity contribution in [1.82, 2.24) is 24.8 Å². The molecule has 0 radical (unpaired) electrons. The van der Waals surface area contributed by atoms with Gasteiger partial charge in [-0.1, -0.05) is 0 Å². The minimum absolute atomic E-state index is 0.00726. The lowest BCUT2D eigenvalue weighted by atomic mass is 10.1. The van der Waals surface area contributed by atoms with Crippen LogP contribution in [0.1, 0.15) is 24.8 Å². The summed E-state index contributed by atoms with van der Waals surface area (Å²) in [5, 5.41) is 6.08. The Morgan fingerprint density at radius 3 is 2.53 bits per heavy atom. The third-order valence-corrected chi connectivity index (χ3v) is 7.06. The molecule has 1 saturated carbocycles. The van der Waals surface area contributed by atoms with Gasteiger partial charge in [-0.15, -0.1) is 0 Å². The van der Waals surface area contributed by atoms with Gasteiger partial charge in [0.2, 0.25) is 17.8 Å². The number of nitrogens with zero attached hydrogens (tertiary/aromatic N) is 6. The number of aryl methyl sites for hydroxylation is 1. The van der Waals surface area contributed by atoms with Crippen molar-refractivity contribution in [3.63, 3.8) is 0 Å². The van der Waals surface area contributed by atoms with Crippen LogP contribution in [-0.4, -0.2) is 63.0 Å². The van der Waals surface area contributed by atoms with Gasteiger partial charge in [-0.3, -0.25) is 15.0 Å². The highest BCUT2D eigenvalue weighted by Crippen LogP contribution is 2.36. The molecular formula is C25H28N8O. The van der Waals surface area contributed by atoms with Crippen molar-refractivity contribution in [1.29, 1.82) is 0 Å². The van der Waals surface area contributed by atoms with Crippen molar-refractivity contribution in [3.8, 4) is 11.3 Å². The maximum Gasteiger partial charge on any atom is 0.229 e. The van der Waals surface area contributed by atoms with Crippen LogP contribution >= 0.6 is 0 Å². The zero-order chi connectivity index (χ0) is 23.2. The van der Waals surface area contributed by atoms with Crippen molar-refractivity contribution >= 4 is 29.2 Å². The number of hydrogen-bond donors (Lipinski definition) is 2. The molecule has 0 unspecified atom stereocenters. The number of rotatable bonds is 6. The molecule has 1 amide bonds. The number of fused-ring (bicyclic) bond motifs is 2. The molecule has 2 N–H and O–H groups in total. The van der Waals surface area contributed by atoms with Crippen molar-refractivity contribution in [2.45, 2.75) is 38.3 Å². The number of carbonyl (C=O) groups excluding carboxylic acids is 1. The van der Waals surface area contributed by atoms with Gasteiger partial charge < -0.3 is 10.2 Å². The maximum absolute atomic E-state index is 11.9. The summed E-state index contributed by atoms with van der Waals surface area (Å²) in [6.07, 6.45) is 8.20. The molecule has 0 spiro atoms. The predicted molar refractivity (Wildman–Crippen MR) is 131 cm³/mol. The summed E-state index contributed by atoms with van der Waals surface area (Å²) >= 11 is 0. The zero-order valence-electron chi connectivity index (χ0n) is 19.4. The summed E-state index contributed by atoms with van der Waals surface area (Å²) in [5.41, 5.74) is 4.98. The third-order valence-electron chi connectivity index (χ3n) is 7.06. The number of likely N-dealkylation sites (N-methyl/N-ethyl adjacent to an activating group) is 1. The number of aromatic nitrogens is 4. The van der Waals surface area contributed by atoms with E-state index in [1.165, 1.54) is 17.7 Å². The van der Waals surface area contributed by atoms with E-state index < -0.39 is 0 Å². The van der Waals surface area contributed by atoms with Crippen LogP contribution in [0.2, 0.25) is 0 Å². The van der Waals surface area contributed by atoms with E-state index in [0.717, 1.165) is 37.2 Å². The van der Waals surface area contributed by atoms with Gasteiger partial charge in [0.25, 0.3) is 0 Å². The summed E-state index contributed by atoms with van der Waals surface area (Å²) in [5.74, 6) is 0.940. The van der Waals surface area contributed by atoms with Crippen LogP contribution in [0, 0.1) is 12.8 Å². The molecule has 6 rings (SSSR count). The maximum atomic E-state index is 11.9. The molecule has 2 aliphatic heterocycles. The average Bonchev–Trinajstić information content (AvgIpc) is 3.53. The Bertz CT molecular complexity index is 1220. The number of hydrogen-bond acceptors (Lipinski definition) is 8. The molecule has 1 aliphatic carbocycles. The van der Waals surface area contributed by atoms with E-state index in [-0.39, 0.29) is 11.8 Å². The number of nitrogens with one attached hydrogen (secondary N) is 2. The van der Waals surface area contributed by atoms with Crippen LogP contribution in [0.3, 0.4) is 0 Å². The molecule has 174 valence electrons. The minimum Gasteiger partial charge on any atom is -0.365 e. The molecular weight excluding hydrogens is 428 g/mol. The first-order valence-electron chi connectivity index (χ1n) is 11.8. The Kier molecular flexibility index (Phi) is 5.13. The van der Waals surface area contributed by atoms with Gasteiger partial charge in [0.1, 0.15) is 0 Å². The highest BCUT2D eigenvalue weighted by Gasteiger charge is 2.41. The van der Waals surface area contributed by atoms with Crippen LogP contribution in [0.4, 0.5) is 23.3 Å². The Hall–Kier alpha value is -3.59. The van der Waals surface area contributed by atoms with Crippen molar-refractivity contribution in [2.24, 2.45) is 5.92 Å². The Labute approximate surface area is 198 Å². The molecule has 34 heavy (non-hydrogen) atoms. The molecule has 3 aromatic rings. The van der Waals surface area contributed by atoms with E-state index in [4.69, 9.17) is 0 Å². The Morgan fingerprint density at radius 1 is 1.03 bits per heavy atom. The molecule has 3 fully saturated rings. The van der Waals surface area contributed by atoms with Gasteiger partial charge >= 0.3 is 0 Å². The monoisotopic (exact) mass is 456 g/mol. The first-order chi connectivity index (χ1) is 16.5. The molecule has 3 aliphatic rings. The molecule has 2 aromatic heterocycles. The molecule has 2 saturated heterocycles. The van der Waals surface area contributed by atoms with Crippen molar-refractivity contribution < 1.29 is 4.79 Å². The lowest BCUT2D eigenvalue weighted by Gasteiger charge is -2.34. The number of likely N-dealkylation sites (tertiary alicyclic amines) is 1. The standard InChI is InChI=1S/C25H28N8O/c1-15-9-18(5-6-22(15)33-14-19-10-20(33)13-32(19)2)29-25-26-8-7-21(30-25)17-11-27-24(28-12-17)31-23(34)16-3-4-16/h5-9,11-12,16,19-20H,3-4,10,13-14H2,1-2H3,(H,26,29,30)(H,27,28,31,34)/t19-,20-/m0/s1. The van der Waals surface area contributed by atoms with Crippen LogP contribution in [0.5, 0.6) is 0 Å². The second kappa shape index (κ2) is 8.32. The van der Waals surface area contributed by atoms with Crippen LogP contribution < -0.4 is 15.5 Å². The quantitative estimate of drug-likeness (QED) is 0.583. The first kappa shape index (κ1) is 21.0. The number of anilines is 4. The first-order valence-corrected chi connectivity index (χ1v) is 11.8. The SMILES string of the molecule is Cc1cc(Nc2nccc(-c3cnc(NC(=O)C4CC4)nc3)n2)ccc1N1C[C@@H]2C[C@H]1CN2C. The fraction of sp³-hybridized carbons (Fsp3) is 0.400. The van der Waals surface area contributed by atoms with Crippen LogP contribution in [-0.2, 0) is 4.79 Å². The summed E-state index contributed by atoms with van der Waals surface area (Å²) in [4.78, 5) is 34.5. The van der Waals surface area contributed by atoms with E-state index in [2.05, 4.69) is 72.5 Å². The highest BCUT2D eigenvalue weighted by molar-refractivity contribution is 5.92. The van der Waals surface area contributed by atoms with Gasteiger partial charge in [-0.2, -0.15) is 0 Å². The van der Waals surface area contributed by atoms with Crippen molar-refractivity contribution in [2.75, 3.05) is 35.7 Å². The smallest absolute Gasteiger partial charge is 0.229 e. The predicted octanol–water partition coefficient (Wildman–Crippen LogP) is 3.23. The van der Waals surface area contributed by atoms with E-state index in [1.54, 1.807) is 18.6 Å². The van der Waals surface area contributed by atoms with Crippen LogP contribution in [0.15, 0.2) is 42.9 Å². The molecule has 9 heteroatoms. The van der Waals surface area contributed by atoms with Crippen LogP contribution in [0.25, 0.3) is 11.3 Å². The number of piperazine rings is 1. The topological polar surface area (TPSA) is 99.2 Å². The van der Waals surface area contributed by atoms with E-state index in [9.17, 15) is 4.79 Å². The summed E-state index contributed by atoms with van der Waals surface area (Å²) in [6, 6.07) is 9.55. The number of carbonyl (C=O) groups is 1. The van der Waals surface area contributed by atoms with E-state index in [1.807, 2.05) is 6.07 Å². The molecule has 9 nitrogen and oxygen atoms in total. The molecule has 2 bridgehead atoms. The van der Waals surface area contributed by atoms with E-state index >= 15 is 0 Å². The second-order valence-corrected chi connectivity index (χ2v) is 9.59. The molecule has 4 heterocycles. The van der Waals surface area contributed by atoms with Gasteiger partial charge in [0.15, 0.2) is 0 Å². The van der Waals surface area contributed by atoms with Gasteiger partial charge in [-0.25, -0.2) is 19.9 Å². The van der Waals surface area contributed by atoms with Gasteiger partial charge in [0.05, 0.1) is 5.69 Å². The highest BCUT2D eigenvalue weighted by atomic mass is 16.2. The largest absolute Gasteiger partial charge is 0.365 e. The lowest BCUT2D eigenvalue weighted by molar-refractivity contribution is -0.117. The normalized spacial score (nSPS) is 21.6. The fourth-order valence-corrected chi connectivity index (χ4v) is 5.01. The average molecular weight is 457 g/mol. The zero-order valence-corrected chi connectivity index (χ0v) is 19.4. The lowest BCUT2D eigenvalue weighted by Crippen LogP contribution is -2.44. The van der Waals surface area contributed by atoms with Crippen molar-refractivity contribution in [3.05, 3.63) is 48.4 Å². The fourth-order valence-electron chi connectivity index (χ4n) is 5.01. The minimum atomic E-state index is -0.00726. The summed E-state index contributed by atoms with van der Waals surface area (Å²) in [6.45, 7) is 4.40. The number of amides is 1. The summed E-state index contributed by atoms with van der Waals surface area (Å²) < 4.78 is 0. The van der Waals surface area contributed by atoms with E-state index in [0.29, 0.717) is 29.7 Å². The Morgan fingerprint density at radius 2 is 1.85 bits per heavy atom. The second-order valence-electron chi connectivity index (χ2n) is 9.59. The Balaban J connectivity index is 1.14. The van der Waals surface area contributed by atoms with Gasteiger partial charge in [0, 0.05) is 66.6 Å². The summed E-state index contributed by atoms with van der Waals surface area (Å²) in [7, 11) is 2.23. The third kappa shape index (κ3) is 4.07. The molecule has 2 atom stereocenters. The number of benzene rings is 1. The molecule has 1 aromatic carbocycles. The van der Waals surface area contributed by atoms with Gasteiger partial charge in [-0.05, 0) is 63.1 Å².